The van der Waals surface area contributed by atoms with Crippen molar-refractivity contribution in [2.75, 3.05) is 6.54 Å². The zero-order valence-electron chi connectivity index (χ0n) is 15.3. The van der Waals surface area contributed by atoms with E-state index in [0.29, 0.717) is 5.56 Å². The van der Waals surface area contributed by atoms with Crippen molar-refractivity contribution < 1.29 is 32.3 Å². The Kier molecular flexibility index (Phi) is 5.58. The Morgan fingerprint density at radius 1 is 1.10 bits per heavy atom. The van der Waals surface area contributed by atoms with Crippen LogP contribution in [0.3, 0.4) is 0 Å². The molecule has 0 spiro atoms. The van der Waals surface area contributed by atoms with Gasteiger partial charge in [-0.05, 0) is 48.4 Å². The van der Waals surface area contributed by atoms with E-state index in [1.165, 1.54) is 48.5 Å². The lowest BCUT2D eigenvalue weighted by Crippen LogP contribution is -2.43. The van der Waals surface area contributed by atoms with E-state index in [-0.39, 0.29) is 17.7 Å². The van der Waals surface area contributed by atoms with Crippen LogP contribution in [-0.2, 0) is 10.3 Å². The van der Waals surface area contributed by atoms with Crippen molar-refractivity contribution in [3.8, 4) is 5.75 Å². The third kappa shape index (κ3) is 3.94. The van der Waals surface area contributed by atoms with Gasteiger partial charge < -0.3 is 10.1 Å². The molecule has 2 aromatic carbocycles. The largest absolute Gasteiger partial charge is 0.435 e. The van der Waals surface area contributed by atoms with E-state index >= 15 is 0 Å². The number of nitrogens with one attached hydrogen (secondary N) is 1. The molecule has 152 valence electrons. The molecule has 1 saturated heterocycles. The van der Waals surface area contributed by atoms with Crippen LogP contribution in [0.4, 0.5) is 18.0 Å². The molecule has 6 nitrogen and oxygen atoms in total. The highest BCUT2D eigenvalue weighted by atomic mass is 19.3. The first-order chi connectivity index (χ1) is 13.8. The van der Waals surface area contributed by atoms with Gasteiger partial charge in [0.1, 0.15) is 17.1 Å². The van der Waals surface area contributed by atoms with Crippen LogP contribution >= 0.6 is 0 Å². The Morgan fingerprint density at radius 3 is 2.28 bits per heavy atom. The molecule has 0 bridgehead atoms. The maximum atomic E-state index is 13.2. The van der Waals surface area contributed by atoms with E-state index in [1.807, 2.05) is 0 Å². The monoisotopic (exact) mass is 406 g/mol. The molecule has 1 heterocycles. The van der Waals surface area contributed by atoms with Crippen LogP contribution in [0.1, 0.15) is 29.3 Å². The van der Waals surface area contributed by atoms with E-state index in [4.69, 9.17) is 0 Å². The lowest BCUT2D eigenvalue weighted by Gasteiger charge is -2.25. The molecule has 0 radical (unpaired) electrons. The van der Waals surface area contributed by atoms with Gasteiger partial charge in [0.25, 0.3) is 5.91 Å². The molecule has 0 unspecified atom stereocenters. The Labute approximate surface area is 164 Å². The number of Topliss-reactive ketones (excluding diaryl/α,β-unsaturated/α-hetero) is 1. The second kappa shape index (κ2) is 7.94. The first kappa shape index (κ1) is 20.4. The van der Waals surface area contributed by atoms with E-state index in [9.17, 15) is 27.6 Å². The van der Waals surface area contributed by atoms with Crippen LogP contribution in [0.15, 0.2) is 48.5 Å². The van der Waals surface area contributed by atoms with Crippen LogP contribution in [0.25, 0.3) is 0 Å². The molecule has 2 aromatic rings. The number of hydrogen-bond donors (Lipinski definition) is 1. The number of urea groups is 1. The van der Waals surface area contributed by atoms with Crippen LogP contribution < -0.4 is 10.1 Å². The minimum Gasteiger partial charge on any atom is -0.435 e. The van der Waals surface area contributed by atoms with Gasteiger partial charge in [0.2, 0.25) is 0 Å². The molecule has 0 saturated carbocycles. The predicted molar refractivity (Wildman–Crippen MR) is 96.0 cm³/mol. The van der Waals surface area contributed by atoms with Crippen molar-refractivity contribution in [2.24, 2.45) is 0 Å². The van der Waals surface area contributed by atoms with Crippen molar-refractivity contribution in [1.29, 1.82) is 0 Å². The number of hydrogen-bond acceptors (Lipinski definition) is 4. The Morgan fingerprint density at radius 2 is 1.72 bits per heavy atom. The number of carbonyl (C=O) groups is 3. The maximum absolute atomic E-state index is 13.2. The van der Waals surface area contributed by atoms with Gasteiger partial charge in [0, 0.05) is 5.56 Å². The number of ketones is 1. The second-order valence-electron chi connectivity index (χ2n) is 6.41. The smallest absolute Gasteiger partial charge is 0.387 e. The standard InChI is InChI=1S/C20H17F3N2O4/c1-2-20(13-5-7-14(21)8-6-13)17(27)25(19(28)24-20)11-16(26)12-3-9-15(10-4-12)29-18(22)23/h3-10,18H,2,11H2,1H3,(H,24,28)/t20-/m0/s1. The normalized spacial score (nSPS) is 18.9. The average molecular weight is 406 g/mol. The zero-order valence-corrected chi connectivity index (χ0v) is 15.3. The molecule has 9 heteroatoms. The zero-order chi connectivity index (χ0) is 21.2. The molecule has 1 N–H and O–H groups in total. The molecule has 1 aliphatic rings. The number of amides is 3. The van der Waals surface area contributed by atoms with Crippen LogP contribution in [0.5, 0.6) is 5.75 Å². The Balaban J connectivity index is 1.79. The third-order valence-electron chi connectivity index (χ3n) is 4.75. The molecular formula is C20H17F3N2O4. The van der Waals surface area contributed by atoms with Gasteiger partial charge >= 0.3 is 12.6 Å². The van der Waals surface area contributed by atoms with Gasteiger partial charge in [-0.2, -0.15) is 8.78 Å². The molecule has 1 aliphatic heterocycles. The summed E-state index contributed by atoms with van der Waals surface area (Å²) in [5.41, 5.74) is -0.855. The first-order valence-electron chi connectivity index (χ1n) is 8.75. The quantitative estimate of drug-likeness (QED) is 0.564. The Hall–Kier alpha value is -3.36. The van der Waals surface area contributed by atoms with Crippen LogP contribution in [-0.4, -0.2) is 35.8 Å². The maximum Gasteiger partial charge on any atom is 0.387 e. The summed E-state index contributed by atoms with van der Waals surface area (Å²) in [4.78, 5) is 38.7. The third-order valence-corrected chi connectivity index (χ3v) is 4.75. The number of carbonyl (C=O) groups excluding carboxylic acids is 3. The summed E-state index contributed by atoms with van der Waals surface area (Å²) in [6.07, 6.45) is 0.202. The van der Waals surface area contributed by atoms with Crippen molar-refractivity contribution in [1.82, 2.24) is 10.2 Å². The minimum absolute atomic E-state index is 0.118. The molecule has 3 rings (SSSR count). The topological polar surface area (TPSA) is 75.7 Å². The van der Waals surface area contributed by atoms with Crippen LogP contribution in [0.2, 0.25) is 0 Å². The summed E-state index contributed by atoms with van der Waals surface area (Å²) in [6.45, 7) is -1.83. The molecule has 3 amide bonds. The van der Waals surface area contributed by atoms with Crippen molar-refractivity contribution in [3.63, 3.8) is 0 Å². The van der Waals surface area contributed by atoms with Crippen LogP contribution in [0, 0.1) is 5.82 Å². The molecule has 1 fully saturated rings. The fraction of sp³-hybridized carbons (Fsp3) is 0.250. The first-order valence-corrected chi connectivity index (χ1v) is 8.75. The summed E-state index contributed by atoms with van der Waals surface area (Å²) in [5.74, 6) is -1.78. The van der Waals surface area contributed by atoms with E-state index in [1.54, 1.807) is 6.92 Å². The minimum atomic E-state index is -2.99. The van der Waals surface area contributed by atoms with Gasteiger partial charge in [-0.3, -0.25) is 14.5 Å². The number of halogens is 3. The van der Waals surface area contributed by atoms with Gasteiger partial charge in [-0.25, -0.2) is 9.18 Å². The molecule has 29 heavy (non-hydrogen) atoms. The van der Waals surface area contributed by atoms with Crippen molar-refractivity contribution in [3.05, 3.63) is 65.5 Å². The van der Waals surface area contributed by atoms with Gasteiger partial charge in [-0.1, -0.05) is 19.1 Å². The van der Waals surface area contributed by atoms with Gasteiger partial charge in [-0.15, -0.1) is 0 Å². The van der Waals surface area contributed by atoms with Crippen molar-refractivity contribution in [2.45, 2.75) is 25.5 Å². The van der Waals surface area contributed by atoms with E-state index < -0.39 is 42.2 Å². The molecule has 1 atom stereocenters. The second-order valence-corrected chi connectivity index (χ2v) is 6.41. The number of imide groups is 1. The number of benzene rings is 2. The van der Waals surface area contributed by atoms with Crippen molar-refractivity contribution >= 4 is 17.7 Å². The number of rotatable bonds is 7. The highest BCUT2D eigenvalue weighted by molar-refractivity contribution is 6.11. The lowest BCUT2D eigenvalue weighted by molar-refractivity contribution is -0.131. The highest BCUT2D eigenvalue weighted by Crippen LogP contribution is 2.32. The van der Waals surface area contributed by atoms with E-state index in [0.717, 1.165) is 4.90 Å². The summed E-state index contributed by atoms with van der Waals surface area (Å²) >= 11 is 0. The lowest BCUT2D eigenvalue weighted by atomic mass is 9.87. The number of ether oxygens (including phenoxy) is 1. The summed E-state index contributed by atoms with van der Waals surface area (Å²) in [5, 5.41) is 2.60. The fourth-order valence-corrected chi connectivity index (χ4v) is 3.20. The SMILES string of the molecule is CC[C@@]1(c2ccc(F)cc2)NC(=O)N(CC(=O)c2ccc(OC(F)F)cc2)C1=O. The van der Waals surface area contributed by atoms with Gasteiger partial charge in [0.15, 0.2) is 5.78 Å². The number of alkyl halides is 2. The summed E-state index contributed by atoms with van der Waals surface area (Å²) in [6, 6.07) is 9.37. The molecule has 0 aliphatic carbocycles. The average Bonchev–Trinajstić information content (AvgIpc) is 2.93. The fourth-order valence-electron chi connectivity index (χ4n) is 3.20. The summed E-state index contributed by atoms with van der Waals surface area (Å²) < 4.78 is 41.9. The Bertz CT molecular complexity index is 932. The van der Waals surface area contributed by atoms with E-state index in [2.05, 4.69) is 10.1 Å². The number of nitrogens with zero attached hydrogens (tertiary/aromatic N) is 1. The molecular weight excluding hydrogens is 389 g/mol. The van der Waals surface area contributed by atoms with Gasteiger partial charge in [0.05, 0.1) is 6.54 Å². The summed E-state index contributed by atoms with van der Waals surface area (Å²) in [7, 11) is 0. The molecule has 0 aromatic heterocycles. The highest BCUT2D eigenvalue weighted by Gasteiger charge is 2.51. The predicted octanol–water partition coefficient (Wildman–Crippen LogP) is 3.47.